The topological polar surface area (TPSA) is 53.2 Å². The summed E-state index contributed by atoms with van der Waals surface area (Å²) < 4.78 is 0. The molecule has 4 heteroatoms. The summed E-state index contributed by atoms with van der Waals surface area (Å²) in [6.45, 7) is 12.2. The van der Waals surface area contributed by atoms with Crippen molar-refractivity contribution in [2.24, 2.45) is 5.41 Å². The van der Waals surface area contributed by atoms with Crippen LogP contribution in [-0.4, -0.2) is 19.1 Å². The van der Waals surface area contributed by atoms with Crippen molar-refractivity contribution >= 4 is 11.7 Å². The zero-order valence-electron chi connectivity index (χ0n) is 13.9. The lowest BCUT2D eigenvalue weighted by atomic mass is 9.97. The highest BCUT2D eigenvalue weighted by molar-refractivity contribution is 5.89. The van der Waals surface area contributed by atoms with Gasteiger partial charge >= 0.3 is 6.03 Å². The number of amides is 2. The van der Waals surface area contributed by atoms with E-state index in [-0.39, 0.29) is 11.4 Å². The number of anilines is 1. The number of hydrogen-bond donors (Lipinski definition) is 3. The van der Waals surface area contributed by atoms with E-state index in [0.717, 1.165) is 18.7 Å². The van der Waals surface area contributed by atoms with E-state index >= 15 is 0 Å². The Morgan fingerprint density at radius 3 is 2.33 bits per heavy atom. The van der Waals surface area contributed by atoms with Crippen LogP contribution in [0.5, 0.6) is 0 Å². The van der Waals surface area contributed by atoms with Gasteiger partial charge < -0.3 is 16.0 Å². The number of urea groups is 1. The maximum atomic E-state index is 11.8. The molecular formula is C17H29N3O. The fraction of sp³-hybridized carbons (Fsp3) is 0.588. The quantitative estimate of drug-likeness (QED) is 0.744. The molecule has 0 radical (unpaired) electrons. The van der Waals surface area contributed by atoms with Crippen LogP contribution < -0.4 is 16.0 Å². The average molecular weight is 291 g/mol. The third kappa shape index (κ3) is 7.14. The summed E-state index contributed by atoms with van der Waals surface area (Å²) in [5, 5.41) is 9.17. The van der Waals surface area contributed by atoms with Gasteiger partial charge in [-0.1, -0.05) is 39.8 Å². The third-order valence-electron chi connectivity index (χ3n) is 3.15. The van der Waals surface area contributed by atoms with E-state index in [2.05, 4.69) is 50.6 Å². The second kappa shape index (κ2) is 8.03. The molecule has 0 aliphatic carbocycles. The number of rotatable bonds is 6. The van der Waals surface area contributed by atoms with Gasteiger partial charge in [0, 0.05) is 18.3 Å². The number of carbonyl (C=O) groups is 1. The maximum absolute atomic E-state index is 11.8. The van der Waals surface area contributed by atoms with Crippen LogP contribution in [0.25, 0.3) is 0 Å². The Morgan fingerprint density at radius 2 is 1.81 bits per heavy atom. The Bertz CT molecular complexity index is 434. The summed E-state index contributed by atoms with van der Waals surface area (Å²) in [5.41, 5.74) is 2.12. The molecule has 1 aromatic rings. The minimum absolute atomic E-state index is 0.0849. The Balaban J connectivity index is 2.49. The molecule has 1 unspecified atom stereocenters. The number of benzene rings is 1. The van der Waals surface area contributed by atoms with Crippen molar-refractivity contribution in [3.05, 3.63) is 29.8 Å². The van der Waals surface area contributed by atoms with Crippen molar-refractivity contribution in [3.8, 4) is 0 Å². The lowest BCUT2D eigenvalue weighted by Gasteiger charge is -2.19. The van der Waals surface area contributed by atoms with Crippen molar-refractivity contribution in [1.82, 2.24) is 10.6 Å². The van der Waals surface area contributed by atoms with Crippen LogP contribution >= 0.6 is 0 Å². The van der Waals surface area contributed by atoms with E-state index in [1.807, 2.05) is 24.3 Å². The summed E-state index contributed by atoms with van der Waals surface area (Å²) in [7, 11) is 0. The van der Waals surface area contributed by atoms with Gasteiger partial charge in [-0.15, -0.1) is 0 Å². The van der Waals surface area contributed by atoms with Gasteiger partial charge in [-0.05, 0) is 43.0 Å². The van der Waals surface area contributed by atoms with Gasteiger partial charge in [0.2, 0.25) is 0 Å². The van der Waals surface area contributed by atoms with E-state index in [0.29, 0.717) is 12.6 Å². The van der Waals surface area contributed by atoms with E-state index in [9.17, 15) is 4.79 Å². The van der Waals surface area contributed by atoms with Crippen LogP contribution in [0.1, 0.15) is 52.6 Å². The van der Waals surface area contributed by atoms with E-state index in [1.165, 1.54) is 5.56 Å². The molecular weight excluding hydrogens is 262 g/mol. The fourth-order valence-corrected chi connectivity index (χ4v) is 1.85. The van der Waals surface area contributed by atoms with Crippen molar-refractivity contribution in [1.29, 1.82) is 0 Å². The Labute approximate surface area is 128 Å². The maximum Gasteiger partial charge on any atom is 0.319 e. The first kappa shape index (κ1) is 17.5. The van der Waals surface area contributed by atoms with Gasteiger partial charge in [-0.3, -0.25) is 0 Å². The molecule has 0 aliphatic heterocycles. The van der Waals surface area contributed by atoms with Gasteiger partial charge in [0.05, 0.1) is 0 Å². The standard InChI is InChI=1S/C17H29N3O/c1-6-11-18-13(2)14-7-9-15(10-8-14)20-16(21)19-12-17(3,4)5/h7-10,13,18H,6,11-12H2,1-5H3,(H2,19,20,21). The lowest BCUT2D eigenvalue weighted by Crippen LogP contribution is -2.35. The SMILES string of the molecule is CCCNC(C)c1ccc(NC(=O)NCC(C)(C)C)cc1. The van der Waals surface area contributed by atoms with Gasteiger partial charge in [0.1, 0.15) is 0 Å². The lowest BCUT2D eigenvalue weighted by molar-refractivity contribution is 0.247. The van der Waals surface area contributed by atoms with Crippen LogP contribution in [0, 0.1) is 5.41 Å². The highest BCUT2D eigenvalue weighted by atomic mass is 16.2. The van der Waals surface area contributed by atoms with E-state index < -0.39 is 0 Å². The molecule has 3 N–H and O–H groups in total. The molecule has 0 bridgehead atoms. The Morgan fingerprint density at radius 1 is 1.19 bits per heavy atom. The molecule has 0 aromatic heterocycles. The molecule has 2 amide bonds. The zero-order chi connectivity index (χ0) is 15.9. The molecule has 0 saturated carbocycles. The number of hydrogen-bond acceptors (Lipinski definition) is 2. The second-order valence-corrected chi connectivity index (χ2v) is 6.67. The van der Waals surface area contributed by atoms with Crippen LogP contribution in [0.2, 0.25) is 0 Å². The molecule has 1 rings (SSSR count). The van der Waals surface area contributed by atoms with Gasteiger partial charge in [0.25, 0.3) is 0 Å². The normalized spacial score (nSPS) is 12.8. The molecule has 0 spiro atoms. The third-order valence-corrected chi connectivity index (χ3v) is 3.15. The molecule has 1 atom stereocenters. The molecule has 0 fully saturated rings. The number of nitrogens with one attached hydrogen (secondary N) is 3. The molecule has 1 aromatic carbocycles. The monoisotopic (exact) mass is 291 g/mol. The van der Waals surface area contributed by atoms with Crippen LogP contribution in [0.3, 0.4) is 0 Å². The smallest absolute Gasteiger partial charge is 0.319 e. The van der Waals surface area contributed by atoms with Crippen molar-refractivity contribution in [2.75, 3.05) is 18.4 Å². The summed E-state index contributed by atoms with van der Waals surface area (Å²) in [6.07, 6.45) is 1.12. The summed E-state index contributed by atoms with van der Waals surface area (Å²) >= 11 is 0. The molecule has 4 nitrogen and oxygen atoms in total. The molecule has 118 valence electrons. The van der Waals surface area contributed by atoms with Crippen molar-refractivity contribution < 1.29 is 4.79 Å². The van der Waals surface area contributed by atoms with Gasteiger partial charge in [-0.2, -0.15) is 0 Å². The second-order valence-electron chi connectivity index (χ2n) is 6.67. The highest BCUT2D eigenvalue weighted by Gasteiger charge is 2.12. The largest absolute Gasteiger partial charge is 0.337 e. The van der Waals surface area contributed by atoms with E-state index in [1.54, 1.807) is 0 Å². The minimum atomic E-state index is -0.158. The number of carbonyl (C=O) groups excluding carboxylic acids is 1. The first-order chi connectivity index (χ1) is 9.81. The summed E-state index contributed by atoms with van der Waals surface area (Å²) in [5.74, 6) is 0. The average Bonchev–Trinajstić information content (AvgIpc) is 2.42. The minimum Gasteiger partial charge on any atom is -0.337 e. The molecule has 0 heterocycles. The fourth-order valence-electron chi connectivity index (χ4n) is 1.85. The molecule has 0 saturated heterocycles. The predicted octanol–water partition coefficient (Wildman–Crippen LogP) is 3.91. The van der Waals surface area contributed by atoms with Crippen LogP contribution in [0.4, 0.5) is 10.5 Å². The predicted molar refractivity (Wildman–Crippen MR) is 89.6 cm³/mol. The van der Waals surface area contributed by atoms with E-state index in [4.69, 9.17) is 0 Å². The van der Waals surface area contributed by atoms with Gasteiger partial charge in [-0.25, -0.2) is 4.79 Å². The van der Waals surface area contributed by atoms with Crippen molar-refractivity contribution in [2.45, 2.75) is 47.1 Å². The molecule has 21 heavy (non-hydrogen) atoms. The first-order valence-corrected chi connectivity index (χ1v) is 7.70. The first-order valence-electron chi connectivity index (χ1n) is 7.70. The highest BCUT2D eigenvalue weighted by Crippen LogP contribution is 2.16. The van der Waals surface area contributed by atoms with Crippen molar-refractivity contribution in [3.63, 3.8) is 0 Å². The zero-order valence-corrected chi connectivity index (χ0v) is 13.9. The summed E-state index contributed by atoms with van der Waals surface area (Å²) in [4.78, 5) is 11.8. The van der Waals surface area contributed by atoms with Crippen LogP contribution in [-0.2, 0) is 0 Å². The van der Waals surface area contributed by atoms with Crippen LogP contribution in [0.15, 0.2) is 24.3 Å². The summed E-state index contributed by atoms with van der Waals surface area (Å²) in [6, 6.07) is 8.15. The Kier molecular flexibility index (Phi) is 6.69. The Hall–Kier alpha value is -1.55. The molecule has 0 aliphatic rings. The van der Waals surface area contributed by atoms with Gasteiger partial charge in [0.15, 0.2) is 0 Å².